The first-order valence-electron chi connectivity index (χ1n) is 6.95. The smallest absolute Gasteiger partial charge is 0.127 e. The topological polar surface area (TPSA) is 20.3 Å². The summed E-state index contributed by atoms with van der Waals surface area (Å²) in [6, 6.07) is 8.67. The van der Waals surface area contributed by atoms with Gasteiger partial charge in [-0.05, 0) is 37.0 Å². The van der Waals surface area contributed by atoms with E-state index in [2.05, 4.69) is 43.1 Å². The molecule has 2 nitrogen and oxygen atoms in total. The third-order valence-corrected chi connectivity index (χ3v) is 4.19. The minimum Gasteiger partial charge on any atom is -0.374 e. The van der Waals surface area contributed by atoms with Gasteiger partial charge in [-0.25, -0.2) is 0 Å². The van der Waals surface area contributed by atoms with Crippen molar-refractivity contribution in [1.29, 1.82) is 0 Å². The average molecular weight is 245 g/mol. The van der Waals surface area contributed by atoms with Gasteiger partial charge >= 0.3 is 0 Å². The number of anilines is 1. The molecule has 2 rings (SSSR count). The van der Waals surface area contributed by atoms with Gasteiger partial charge in [0.25, 0.3) is 0 Å². The van der Waals surface area contributed by atoms with Gasteiger partial charge in [-0.15, -0.1) is 0 Å². The van der Waals surface area contributed by atoms with Crippen LogP contribution in [-0.2, 0) is 11.2 Å². The van der Waals surface area contributed by atoms with E-state index >= 15 is 0 Å². The van der Waals surface area contributed by atoms with Crippen LogP contribution in [0.3, 0.4) is 0 Å². The highest BCUT2D eigenvalue weighted by Crippen LogP contribution is 2.37. The molecule has 0 amide bonds. The fourth-order valence-electron chi connectivity index (χ4n) is 2.94. The summed E-state index contributed by atoms with van der Waals surface area (Å²) in [7, 11) is 2.09. The van der Waals surface area contributed by atoms with Crippen molar-refractivity contribution in [3.63, 3.8) is 0 Å². The molecule has 0 saturated heterocycles. The summed E-state index contributed by atoms with van der Waals surface area (Å²) in [5, 5.41) is 0. The first-order valence-corrected chi connectivity index (χ1v) is 6.95. The number of aryl methyl sites for hydroxylation is 1. The van der Waals surface area contributed by atoms with Crippen molar-refractivity contribution >= 4 is 12.0 Å². The molecule has 98 valence electrons. The fraction of sp³-hybridized carbons (Fsp3) is 0.562. The first kappa shape index (κ1) is 13.1. The minimum absolute atomic E-state index is 0.0990. The van der Waals surface area contributed by atoms with Crippen LogP contribution in [0.4, 0.5) is 5.69 Å². The predicted molar refractivity (Wildman–Crippen MR) is 76.1 cm³/mol. The molecule has 1 saturated carbocycles. The summed E-state index contributed by atoms with van der Waals surface area (Å²) in [6.07, 6.45) is 6.75. The Morgan fingerprint density at radius 3 is 2.33 bits per heavy atom. The van der Waals surface area contributed by atoms with Crippen LogP contribution >= 0.6 is 0 Å². The molecular weight excluding hydrogens is 222 g/mol. The van der Waals surface area contributed by atoms with Crippen LogP contribution in [0.15, 0.2) is 24.3 Å². The normalized spacial score (nSPS) is 17.7. The number of carbonyl (C=O) groups is 1. The van der Waals surface area contributed by atoms with Gasteiger partial charge in [0.05, 0.1) is 0 Å². The molecule has 0 atom stereocenters. The largest absolute Gasteiger partial charge is 0.374 e. The second kappa shape index (κ2) is 5.55. The third-order valence-electron chi connectivity index (χ3n) is 4.19. The highest BCUT2D eigenvalue weighted by molar-refractivity contribution is 5.62. The Labute approximate surface area is 110 Å². The number of rotatable bonds is 5. The van der Waals surface area contributed by atoms with Crippen LogP contribution < -0.4 is 4.90 Å². The van der Waals surface area contributed by atoms with Crippen LogP contribution in [0.25, 0.3) is 0 Å². The number of nitrogens with zero attached hydrogens (tertiary/aromatic N) is 1. The molecule has 2 heteroatoms. The molecule has 1 aromatic rings. The lowest BCUT2D eigenvalue weighted by Crippen LogP contribution is -2.34. The van der Waals surface area contributed by atoms with Gasteiger partial charge in [-0.3, -0.25) is 0 Å². The van der Waals surface area contributed by atoms with E-state index < -0.39 is 0 Å². The standard InChI is InChI=1S/C16H23NO/c1-3-14-6-8-15(9-7-14)17(2)12-16(13-18)10-4-5-11-16/h6-9,13H,3-5,10-12H2,1-2H3. The van der Waals surface area contributed by atoms with Crippen molar-refractivity contribution in [3.8, 4) is 0 Å². The molecule has 1 aromatic carbocycles. The highest BCUT2D eigenvalue weighted by Gasteiger charge is 2.34. The Hall–Kier alpha value is -1.31. The molecule has 0 N–H and O–H groups in total. The van der Waals surface area contributed by atoms with Crippen LogP contribution in [0, 0.1) is 5.41 Å². The summed E-state index contributed by atoms with van der Waals surface area (Å²) < 4.78 is 0. The molecule has 0 radical (unpaired) electrons. The van der Waals surface area contributed by atoms with Crippen molar-refractivity contribution < 1.29 is 4.79 Å². The van der Waals surface area contributed by atoms with Crippen molar-refractivity contribution in [1.82, 2.24) is 0 Å². The van der Waals surface area contributed by atoms with Crippen LogP contribution in [0.2, 0.25) is 0 Å². The van der Waals surface area contributed by atoms with Crippen molar-refractivity contribution in [2.24, 2.45) is 5.41 Å². The molecule has 0 unspecified atom stereocenters. The number of aldehydes is 1. The van der Waals surface area contributed by atoms with Gasteiger partial charge in [-0.2, -0.15) is 0 Å². The Kier molecular flexibility index (Phi) is 4.05. The van der Waals surface area contributed by atoms with Gasteiger partial charge in [-0.1, -0.05) is 31.9 Å². The lowest BCUT2D eigenvalue weighted by atomic mass is 9.87. The second-order valence-electron chi connectivity index (χ2n) is 5.56. The van der Waals surface area contributed by atoms with E-state index in [9.17, 15) is 4.79 Å². The SMILES string of the molecule is CCc1ccc(N(C)CC2(C=O)CCCC2)cc1. The minimum atomic E-state index is -0.0990. The Bertz CT molecular complexity index is 390. The number of hydrogen-bond acceptors (Lipinski definition) is 2. The third kappa shape index (κ3) is 2.74. The zero-order valence-corrected chi connectivity index (χ0v) is 11.5. The van der Waals surface area contributed by atoms with E-state index in [0.717, 1.165) is 25.8 Å². The summed E-state index contributed by atoms with van der Waals surface area (Å²) in [4.78, 5) is 13.6. The molecule has 0 spiro atoms. The van der Waals surface area contributed by atoms with Gasteiger partial charge in [0, 0.05) is 24.7 Å². The maximum Gasteiger partial charge on any atom is 0.127 e. The lowest BCUT2D eigenvalue weighted by Gasteiger charge is -2.30. The Morgan fingerprint density at radius 2 is 1.83 bits per heavy atom. The number of hydrogen-bond donors (Lipinski definition) is 0. The second-order valence-corrected chi connectivity index (χ2v) is 5.56. The molecule has 1 fully saturated rings. The summed E-state index contributed by atoms with van der Waals surface area (Å²) >= 11 is 0. The van der Waals surface area contributed by atoms with Gasteiger partial charge in [0.2, 0.25) is 0 Å². The van der Waals surface area contributed by atoms with E-state index in [1.807, 2.05) is 0 Å². The van der Waals surface area contributed by atoms with E-state index in [1.54, 1.807) is 0 Å². The van der Waals surface area contributed by atoms with Crippen LogP contribution in [0.5, 0.6) is 0 Å². The maximum absolute atomic E-state index is 11.4. The molecule has 0 aromatic heterocycles. The van der Waals surface area contributed by atoms with Crippen LogP contribution in [0.1, 0.15) is 38.2 Å². The van der Waals surface area contributed by atoms with E-state index in [0.29, 0.717) is 0 Å². The van der Waals surface area contributed by atoms with Crippen molar-refractivity contribution in [2.45, 2.75) is 39.0 Å². The lowest BCUT2D eigenvalue weighted by molar-refractivity contribution is -0.115. The summed E-state index contributed by atoms with van der Waals surface area (Å²) in [5.41, 5.74) is 2.47. The zero-order valence-electron chi connectivity index (χ0n) is 11.5. The summed E-state index contributed by atoms with van der Waals surface area (Å²) in [6.45, 7) is 3.01. The van der Waals surface area contributed by atoms with E-state index in [1.165, 1.54) is 30.4 Å². The zero-order chi connectivity index (χ0) is 13.0. The predicted octanol–water partition coefficient (Wildman–Crippen LogP) is 3.44. The molecule has 1 aliphatic carbocycles. The van der Waals surface area contributed by atoms with Crippen LogP contribution in [-0.4, -0.2) is 19.9 Å². The van der Waals surface area contributed by atoms with E-state index in [-0.39, 0.29) is 5.41 Å². The molecule has 18 heavy (non-hydrogen) atoms. The Balaban J connectivity index is 2.06. The maximum atomic E-state index is 11.4. The van der Waals surface area contributed by atoms with Gasteiger partial charge in [0.1, 0.15) is 6.29 Å². The highest BCUT2D eigenvalue weighted by atomic mass is 16.1. The molecule has 0 bridgehead atoms. The first-order chi connectivity index (χ1) is 8.69. The molecule has 0 aliphatic heterocycles. The van der Waals surface area contributed by atoms with Crippen molar-refractivity contribution in [3.05, 3.63) is 29.8 Å². The molecular formula is C16H23NO. The quantitative estimate of drug-likeness (QED) is 0.741. The Morgan fingerprint density at radius 1 is 1.22 bits per heavy atom. The molecule has 0 heterocycles. The van der Waals surface area contributed by atoms with E-state index in [4.69, 9.17) is 0 Å². The van der Waals surface area contributed by atoms with Gasteiger partial charge < -0.3 is 9.69 Å². The number of benzene rings is 1. The molecule has 1 aliphatic rings. The fourth-order valence-corrected chi connectivity index (χ4v) is 2.94. The monoisotopic (exact) mass is 245 g/mol. The van der Waals surface area contributed by atoms with Crippen molar-refractivity contribution in [2.75, 3.05) is 18.5 Å². The number of carbonyl (C=O) groups excluding carboxylic acids is 1. The average Bonchev–Trinajstić information content (AvgIpc) is 2.88. The van der Waals surface area contributed by atoms with Gasteiger partial charge in [0.15, 0.2) is 0 Å². The summed E-state index contributed by atoms with van der Waals surface area (Å²) in [5.74, 6) is 0.